The highest BCUT2D eigenvalue weighted by Crippen LogP contribution is 2.29. The lowest BCUT2D eigenvalue weighted by atomic mass is 10.2. The molecule has 0 bridgehead atoms. The normalized spacial score (nSPS) is 17.4. The maximum Gasteiger partial charge on any atom is 0.235 e. The minimum atomic E-state index is -3.68. The monoisotopic (exact) mass is 354 g/mol. The molecule has 1 aliphatic heterocycles. The van der Waals surface area contributed by atoms with Gasteiger partial charge in [-0.2, -0.15) is 0 Å². The van der Waals surface area contributed by atoms with Gasteiger partial charge in [-0.1, -0.05) is 0 Å². The van der Waals surface area contributed by atoms with Crippen LogP contribution in [0.25, 0.3) is 0 Å². The minimum Gasteiger partial charge on any atom is -0.317 e. The van der Waals surface area contributed by atoms with Crippen molar-refractivity contribution in [2.24, 2.45) is 0 Å². The Labute approximate surface area is 118 Å². The van der Waals surface area contributed by atoms with Crippen molar-refractivity contribution >= 4 is 31.6 Å². The molecular formula is C11H13BrF2N2O2S. The Morgan fingerprint density at radius 1 is 1.26 bits per heavy atom. The molecule has 0 saturated carbocycles. The molecule has 1 saturated heterocycles. The third kappa shape index (κ3) is 3.43. The van der Waals surface area contributed by atoms with Crippen LogP contribution in [0.5, 0.6) is 0 Å². The lowest BCUT2D eigenvalue weighted by Crippen LogP contribution is -2.38. The second-order valence-corrected chi connectivity index (χ2v) is 7.16. The zero-order chi connectivity index (χ0) is 14.0. The van der Waals surface area contributed by atoms with E-state index in [1.807, 2.05) is 0 Å². The highest BCUT2D eigenvalue weighted by Gasteiger charge is 2.28. The molecule has 4 nitrogen and oxygen atoms in total. The van der Waals surface area contributed by atoms with Crippen LogP contribution < -0.4 is 10.0 Å². The first kappa shape index (κ1) is 14.7. The quantitative estimate of drug-likeness (QED) is 0.874. The molecule has 1 aromatic carbocycles. The zero-order valence-electron chi connectivity index (χ0n) is 9.92. The van der Waals surface area contributed by atoms with E-state index in [-0.39, 0.29) is 10.2 Å². The second-order valence-electron chi connectivity index (χ2n) is 4.34. The maximum absolute atomic E-state index is 13.6. The summed E-state index contributed by atoms with van der Waals surface area (Å²) in [5.41, 5.74) is -0.250. The highest BCUT2D eigenvalue weighted by atomic mass is 79.9. The van der Waals surface area contributed by atoms with Crippen molar-refractivity contribution in [2.45, 2.75) is 18.1 Å². The van der Waals surface area contributed by atoms with Crippen LogP contribution in [0.15, 0.2) is 16.6 Å². The van der Waals surface area contributed by atoms with Gasteiger partial charge in [-0.3, -0.25) is 4.72 Å². The molecule has 0 radical (unpaired) electrons. The predicted octanol–water partition coefficient (Wildman–Crippen LogP) is 2.22. The largest absolute Gasteiger partial charge is 0.317 e. The molecule has 0 atom stereocenters. The Kier molecular flexibility index (Phi) is 4.42. The third-order valence-corrected chi connectivity index (χ3v) is 5.44. The molecule has 0 aromatic heterocycles. The number of halogens is 3. The fourth-order valence-electron chi connectivity index (χ4n) is 1.97. The number of piperidine rings is 1. The van der Waals surface area contributed by atoms with Gasteiger partial charge in [0.05, 0.1) is 10.9 Å². The van der Waals surface area contributed by atoms with Crippen LogP contribution in [-0.2, 0) is 10.0 Å². The fraction of sp³-hybridized carbons (Fsp3) is 0.455. The summed E-state index contributed by atoms with van der Waals surface area (Å²) in [4.78, 5) is 0. The van der Waals surface area contributed by atoms with E-state index in [9.17, 15) is 17.2 Å². The average Bonchev–Trinajstić information content (AvgIpc) is 2.35. The summed E-state index contributed by atoms with van der Waals surface area (Å²) >= 11 is 2.96. The van der Waals surface area contributed by atoms with Gasteiger partial charge in [0.15, 0.2) is 5.82 Å². The Bertz CT molecular complexity index is 551. The number of hydrogen-bond donors (Lipinski definition) is 2. The Hall–Kier alpha value is -0.730. The van der Waals surface area contributed by atoms with Crippen LogP contribution in [0.2, 0.25) is 0 Å². The number of benzene rings is 1. The Morgan fingerprint density at radius 3 is 2.47 bits per heavy atom. The number of rotatable bonds is 3. The summed E-state index contributed by atoms with van der Waals surface area (Å²) in [6, 6.07) is 1.66. The molecule has 1 heterocycles. The molecule has 19 heavy (non-hydrogen) atoms. The summed E-state index contributed by atoms with van der Waals surface area (Å²) < 4.78 is 53.0. The van der Waals surface area contributed by atoms with Crippen molar-refractivity contribution < 1.29 is 17.2 Å². The van der Waals surface area contributed by atoms with E-state index in [2.05, 4.69) is 26.0 Å². The molecule has 2 N–H and O–H groups in total. The first-order valence-corrected chi connectivity index (χ1v) is 8.11. The zero-order valence-corrected chi connectivity index (χ0v) is 12.3. The summed E-state index contributed by atoms with van der Waals surface area (Å²) in [5, 5.41) is 2.49. The van der Waals surface area contributed by atoms with Gasteiger partial charge < -0.3 is 5.32 Å². The lowest BCUT2D eigenvalue weighted by Gasteiger charge is -2.23. The van der Waals surface area contributed by atoms with Crippen molar-refractivity contribution in [3.8, 4) is 0 Å². The molecule has 1 aromatic rings. The van der Waals surface area contributed by atoms with E-state index >= 15 is 0 Å². The summed E-state index contributed by atoms with van der Waals surface area (Å²) in [5.74, 6) is -1.71. The summed E-state index contributed by atoms with van der Waals surface area (Å²) in [7, 11) is -3.68. The molecule has 2 rings (SSSR count). The number of hydrogen-bond acceptors (Lipinski definition) is 3. The van der Waals surface area contributed by atoms with Crippen LogP contribution in [-0.4, -0.2) is 26.8 Å². The van der Waals surface area contributed by atoms with Gasteiger partial charge in [0.25, 0.3) is 0 Å². The standard InChI is InChI=1S/C11H13BrF2N2O2S/c12-9-5-7(13)6-10(14)11(9)16-19(17,18)8-1-3-15-4-2-8/h5-6,8,15-16H,1-4H2. The molecule has 1 aliphatic rings. The molecular weight excluding hydrogens is 342 g/mol. The van der Waals surface area contributed by atoms with Gasteiger partial charge in [0.2, 0.25) is 10.0 Å². The summed E-state index contributed by atoms with van der Waals surface area (Å²) in [6.07, 6.45) is 0.936. The molecule has 0 amide bonds. The van der Waals surface area contributed by atoms with Gasteiger partial charge >= 0.3 is 0 Å². The van der Waals surface area contributed by atoms with Gasteiger partial charge in [-0.15, -0.1) is 0 Å². The smallest absolute Gasteiger partial charge is 0.235 e. The van der Waals surface area contributed by atoms with E-state index in [4.69, 9.17) is 0 Å². The summed E-state index contributed by atoms with van der Waals surface area (Å²) in [6.45, 7) is 1.22. The van der Waals surface area contributed by atoms with E-state index in [0.29, 0.717) is 32.0 Å². The Morgan fingerprint density at radius 2 is 1.89 bits per heavy atom. The topological polar surface area (TPSA) is 58.2 Å². The van der Waals surface area contributed by atoms with Crippen LogP contribution >= 0.6 is 15.9 Å². The molecule has 0 spiro atoms. The molecule has 0 aliphatic carbocycles. The second kappa shape index (κ2) is 5.72. The lowest BCUT2D eigenvalue weighted by molar-refractivity contribution is 0.498. The van der Waals surface area contributed by atoms with Gasteiger partial charge in [0.1, 0.15) is 5.82 Å². The van der Waals surface area contributed by atoms with E-state index in [0.717, 1.165) is 6.07 Å². The first-order chi connectivity index (χ1) is 8.90. The van der Waals surface area contributed by atoms with Gasteiger partial charge in [-0.05, 0) is 47.9 Å². The molecule has 0 unspecified atom stereocenters. The predicted molar refractivity (Wildman–Crippen MR) is 72.5 cm³/mol. The van der Waals surface area contributed by atoms with Crippen molar-refractivity contribution in [2.75, 3.05) is 17.8 Å². The average molecular weight is 355 g/mol. The molecule has 106 valence electrons. The Balaban J connectivity index is 2.25. The van der Waals surface area contributed by atoms with Crippen molar-refractivity contribution in [1.82, 2.24) is 5.32 Å². The van der Waals surface area contributed by atoms with E-state index in [1.54, 1.807) is 0 Å². The van der Waals surface area contributed by atoms with Crippen molar-refractivity contribution in [3.63, 3.8) is 0 Å². The molecule has 8 heteroatoms. The van der Waals surface area contributed by atoms with Crippen molar-refractivity contribution in [1.29, 1.82) is 0 Å². The highest BCUT2D eigenvalue weighted by molar-refractivity contribution is 9.10. The van der Waals surface area contributed by atoms with Crippen LogP contribution in [0, 0.1) is 11.6 Å². The number of nitrogens with one attached hydrogen (secondary N) is 2. The SMILES string of the molecule is O=S(=O)(Nc1c(F)cc(F)cc1Br)C1CCNCC1. The molecule has 1 fully saturated rings. The van der Waals surface area contributed by atoms with E-state index in [1.165, 1.54) is 0 Å². The van der Waals surface area contributed by atoms with Gasteiger partial charge in [0, 0.05) is 10.5 Å². The number of anilines is 1. The maximum atomic E-state index is 13.6. The van der Waals surface area contributed by atoms with Crippen LogP contribution in [0.1, 0.15) is 12.8 Å². The number of sulfonamides is 1. The fourth-order valence-corrected chi connectivity index (χ4v) is 4.12. The third-order valence-electron chi connectivity index (χ3n) is 2.98. The minimum absolute atomic E-state index is 0.0440. The van der Waals surface area contributed by atoms with Crippen LogP contribution in [0.3, 0.4) is 0 Å². The van der Waals surface area contributed by atoms with E-state index < -0.39 is 26.9 Å². The van der Waals surface area contributed by atoms with Crippen LogP contribution in [0.4, 0.5) is 14.5 Å². The first-order valence-electron chi connectivity index (χ1n) is 5.77. The van der Waals surface area contributed by atoms with Crippen molar-refractivity contribution in [3.05, 3.63) is 28.2 Å². The van der Waals surface area contributed by atoms with Gasteiger partial charge in [-0.25, -0.2) is 17.2 Å².